The maximum absolute atomic E-state index is 15.4. The first-order valence-corrected chi connectivity index (χ1v) is 15.9. The van der Waals surface area contributed by atoms with Crippen LogP contribution >= 0.6 is 35.0 Å². The van der Waals surface area contributed by atoms with Gasteiger partial charge in [-0.05, 0) is 65.6 Å². The zero-order chi connectivity index (χ0) is 31.8. The van der Waals surface area contributed by atoms with Gasteiger partial charge >= 0.3 is 0 Å². The Kier molecular flexibility index (Phi) is 9.33. The van der Waals surface area contributed by atoms with Crippen LogP contribution in [0.5, 0.6) is 5.75 Å². The smallest absolute Gasteiger partial charge is 0.173 e. The number of methoxy groups -OCH3 is 1. The van der Waals surface area contributed by atoms with E-state index in [1.54, 1.807) is 31.5 Å². The zero-order valence-electron chi connectivity index (χ0n) is 25.2. The lowest BCUT2D eigenvalue weighted by Crippen LogP contribution is -2.37. The van der Waals surface area contributed by atoms with Crippen LogP contribution in [0.3, 0.4) is 0 Å². The second-order valence-electron chi connectivity index (χ2n) is 12.1. The van der Waals surface area contributed by atoms with E-state index in [1.165, 1.54) is 36.0 Å². The third kappa shape index (κ3) is 6.76. The third-order valence-corrected chi connectivity index (χ3v) is 9.76. The van der Waals surface area contributed by atoms with Crippen molar-refractivity contribution in [1.29, 1.82) is 0 Å². The number of aliphatic imine (C=N–C) groups is 1. The van der Waals surface area contributed by atoms with Crippen molar-refractivity contribution in [3.05, 3.63) is 105 Å². The quantitative estimate of drug-likeness (QED) is 0.0838. The van der Waals surface area contributed by atoms with Gasteiger partial charge in [0.25, 0.3) is 0 Å². The minimum Gasteiger partial charge on any atom is -0.858 e. The Morgan fingerprint density at radius 1 is 1.11 bits per heavy atom. The molecule has 5 rings (SSSR count). The number of likely N-dealkylation sites (N-methyl/N-ethyl adjacent to an activating group) is 1. The van der Waals surface area contributed by atoms with E-state index in [9.17, 15) is 9.50 Å². The van der Waals surface area contributed by atoms with Crippen LogP contribution in [0.4, 0.5) is 8.78 Å². The van der Waals surface area contributed by atoms with Crippen molar-refractivity contribution in [3.63, 3.8) is 0 Å². The number of nitrogens with zero attached hydrogens (tertiary/aromatic N) is 4. The van der Waals surface area contributed by atoms with E-state index < -0.39 is 17.1 Å². The number of hydrogen-bond acceptors (Lipinski definition) is 5. The van der Waals surface area contributed by atoms with Crippen molar-refractivity contribution < 1.29 is 23.1 Å². The average molecular weight is 660 g/mol. The van der Waals surface area contributed by atoms with E-state index in [0.29, 0.717) is 21.6 Å². The van der Waals surface area contributed by atoms with Crippen molar-refractivity contribution in [1.82, 2.24) is 9.55 Å². The Labute approximate surface area is 270 Å². The third-order valence-electron chi connectivity index (χ3n) is 8.13. The fourth-order valence-corrected chi connectivity index (χ4v) is 7.09. The number of rotatable bonds is 9. The molecule has 44 heavy (non-hydrogen) atoms. The minimum absolute atomic E-state index is 0.0905. The molecule has 1 aromatic heterocycles. The Bertz CT molecular complexity index is 1680. The molecule has 0 aliphatic carbocycles. The summed E-state index contributed by atoms with van der Waals surface area (Å²) in [5, 5.41) is 14.1. The van der Waals surface area contributed by atoms with Crippen LogP contribution in [-0.4, -0.2) is 60.3 Å². The molecule has 11 heteroatoms. The number of benzene rings is 3. The summed E-state index contributed by atoms with van der Waals surface area (Å²) in [6.45, 7) is 5.79. The predicted molar refractivity (Wildman–Crippen MR) is 171 cm³/mol. The summed E-state index contributed by atoms with van der Waals surface area (Å²) in [6.07, 6.45) is 2.58. The number of thioether (sulfide) groups is 1. The van der Waals surface area contributed by atoms with Gasteiger partial charge in [-0.2, -0.15) is 0 Å². The molecule has 1 atom stereocenters. The van der Waals surface area contributed by atoms with Crippen LogP contribution in [-0.2, 0) is 11.2 Å². The van der Waals surface area contributed by atoms with Crippen LogP contribution < -0.4 is 9.84 Å². The molecule has 1 aliphatic rings. The molecular formula is C33H34Cl2F2N4O2S. The molecule has 0 amide bonds. The molecule has 4 aromatic rings. The van der Waals surface area contributed by atoms with Gasteiger partial charge in [-0.25, -0.2) is 13.8 Å². The molecule has 2 heterocycles. The topological polar surface area (TPSA) is 62.5 Å². The van der Waals surface area contributed by atoms with E-state index in [1.807, 2.05) is 30.5 Å². The van der Waals surface area contributed by atoms with Gasteiger partial charge in [-0.1, -0.05) is 54.9 Å². The number of quaternary nitrogens is 1. The van der Waals surface area contributed by atoms with E-state index >= 15 is 4.39 Å². The summed E-state index contributed by atoms with van der Waals surface area (Å²) in [4.78, 5) is 9.02. The number of likely N-dealkylation sites (tertiary alicyclic amines) is 1. The fraction of sp³-hybridized carbons (Fsp3) is 0.333. The van der Waals surface area contributed by atoms with Crippen LogP contribution in [0.1, 0.15) is 42.7 Å². The normalized spacial score (nSPS) is 16.8. The van der Waals surface area contributed by atoms with Gasteiger partial charge in [-0.15, -0.1) is 0 Å². The van der Waals surface area contributed by atoms with Gasteiger partial charge in [0.05, 0.1) is 44.7 Å². The van der Waals surface area contributed by atoms with Gasteiger partial charge in [-0.3, -0.25) is 9.56 Å². The Morgan fingerprint density at radius 3 is 2.48 bits per heavy atom. The molecule has 3 aromatic carbocycles. The molecule has 0 N–H and O–H groups in total. The second kappa shape index (κ2) is 12.7. The number of hydrogen-bond donors (Lipinski definition) is 0. The molecule has 0 unspecified atom stereocenters. The zero-order valence-corrected chi connectivity index (χ0v) is 27.5. The molecule has 1 aliphatic heterocycles. The van der Waals surface area contributed by atoms with Crippen LogP contribution in [0.15, 0.2) is 70.9 Å². The Hall–Kier alpha value is -3.11. The molecule has 6 nitrogen and oxygen atoms in total. The molecule has 1 saturated heterocycles. The first-order chi connectivity index (χ1) is 20.8. The van der Waals surface area contributed by atoms with Crippen LogP contribution in [0.2, 0.25) is 10.0 Å². The van der Waals surface area contributed by atoms with Crippen molar-refractivity contribution >= 4 is 40.9 Å². The Morgan fingerprint density at radius 2 is 1.84 bits per heavy atom. The van der Waals surface area contributed by atoms with Gasteiger partial charge in [0.15, 0.2) is 5.16 Å². The molecule has 1 fully saturated rings. The molecule has 0 spiro atoms. The number of ether oxygens (including phenoxy) is 1. The molecule has 0 radical (unpaired) electrons. The first-order valence-electron chi connectivity index (χ1n) is 14.1. The predicted octanol–water partition coefficient (Wildman–Crippen LogP) is 7.04. The number of imidazole rings is 1. The summed E-state index contributed by atoms with van der Waals surface area (Å²) in [7, 11) is 5.76. The van der Waals surface area contributed by atoms with E-state index in [0.717, 1.165) is 35.3 Å². The lowest BCUT2D eigenvalue weighted by molar-refractivity contribution is -0.878. The maximum atomic E-state index is 15.4. The standard InChI is InChI=1S/C33H34Cl2F2N4O2S/c1-33(2,21-6-11-26(34)29(16-21)43-5)30-17-38-32(40(30)24-9-7-22(36)8-10-24)44-19-25-27(35)14-20(15-28(25)37)31(42)39-23-12-13-41(3,4)18-23/h6-11,14-17,23H,12-13,18-19H2,1-5H3/t23-/m0/s1. The van der Waals surface area contributed by atoms with Crippen LogP contribution in [0.25, 0.3) is 5.69 Å². The minimum atomic E-state index is -0.584. The molecule has 0 saturated carbocycles. The van der Waals surface area contributed by atoms with Crippen molar-refractivity contribution in [2.24, 2.45) is 4.99 Å². The summed E-state index contributed by atoms with van der Waals surface area (Å²) < 4.78 is 37.5. The molecule has 232 valence electrons. The molecular weight excluding hydrogens is 625 g/mol. The average Bonchev–Trinajstić information content (AvgIpc) is 3.55. The molecule has 0 bridgehead atoms. The highest BCUT2D eigenvalue weighted by Gasteiger charge is 2.31. The van der Waals surface area contributed by atoms with Crippen molar-refractivity contribution in [3.8, 4) is 11.4 Å². The highest BCUT2D eigenvalue weighted by Crippen LogP contribution is 2.39. The van der Waals surface area contributed by atoms with E-state index in [4.69, 9.17) is 32.9 Å². The number of aromatic nitrogens is 2. The highest BCUT2D eigenvalue weighted by atomic mass is 35.5. The van der Waals surface area contributed by atoms with E-state index in [-0.39, 0.29) is 33.8 Å². The first kappa shape index (κ1) is 32.3. The summed E-state index contributed by atoms with van der Waals surface area (Å²) in [5.74, 6) is -0.713. The maximum Gasteiger partial charge on any atom is 0.173 e. The van der Waals surface area contributed by atoms with Gasteiger partial charge in [0.2, 0.25) is 0 Å². The monoisotopic (exact) mass is 658 g/mol. The lowest BCUT2D eigenvalue weighted by atomic mass is 9.81. The highest BCUT2D eigenvalue weighted by molar-refractivity contribution is 7.98. The lowest BCUT2D eigenvalue weighted by Gasteiger charge is -2.28. The van der Waals surface area contributed by atoms with Gasteiger partial charge in [0.1, 0.15) is 30.0 Å². The largest absolute Gasteiger partial charge is 0.858 e. The summed E-state index contributed by atoms with van der Waals surface area (Å²) >= 11 is 14.1. The van der Waals surface area contributed by atoms with Gasteiger partial charge in [0, 0.05) is 33.9 Å². The SMILES string of the molecule is COc1cc(C(C)(C)c2cnc(SCc3c(F)cc(C([O-])=N[C@H]4CC[N+](C)(C)C4)cc3Cl)n2-c2ccc(F)cc2)ccc1Cl. The Balaban J connectivity index is 1.46. The van der Waals surface area contributed by atoms with Crippen LogP contribution in [0, 0.1) is 11.6 Å². The van der Waals surface area contributed by atoms with Gasteiger partial charge < -0.3 is 14.3 Å². The number of halogens is 4. The fourth-order valence-electron chi connectivity index (χ4n) is 5.51. The second-order valence-corrected chi connectivity index (χ2v) is 13.9. The van der Waals surface area contributed by atoms with Crippen molar-refractivity contribution in [2.75, 3.05) is 34.3 Å². The van der Waals surface area contributed by atoms with E-state index in [2.05, 4.69) is 19.1 Å². The summed E-state index contributed by atoms with van der Waals surface area (Å²) in [5.41, 5.74) is 2.24. The van der Waals surface area contributed by atoms with Crippen molar-refractivity contribution in [2.45, 2.75) is 42.6 Å². The summed E-state index contributed by atoms with van der Waals surface area (Å²) in [6, 6.07) is 14.3.